The van der Waals surface area contributed by atoms with E-state index in [0.29, 0.717) is 0 Å². The highest BCUT2D eigenvalue weighted by Gasteiger charge is 2.03. The lowest BCUT2D eigenvalue weighted by Crippen LogP contribution is -2.07. The zero-order valence-electron chi connectivity index (χ0n) is 8.36. The van der Waals surface area contributed by atoms with E-state index in [1.54, 1.807) is 13.8 Å². The highest BCUT2D eigenvalue weighted by Crippen LogP contribution is 1.91. The van der Waals surface area contributed by atoms with Gasteiger partial charge in [-0.3, -0.25) is 4.79 Å². The maximum absolute atomic E-state index is 10.3. The predicted octanol–water partition coefficient (Wildman–Crippen LogP) is 2.50. The molecule has 72 valence electrons. The molecule has 0 saturated carbocycles. The van der Waals surface area contributed by atoms with Crippen molar-refractivity contribution in [1.29, 1.82) is 0 Å². The minimum Gasteiger partial charge on any atom is -0.469 e. The van der Waals surface area contributed by atoms with Crippen molar-refractivity contribution in [3.63, 3.8) is 0 Å². The van der Waals surface area contributed by atoms with Crippen LogP contribution in [0.4, 0.5) is 0 Å². The van der Waals surface area contributed by atoms with E-state index in [0.717, 1.165) is 0 Å². The fourth-order valence-corrected chi connectivity index (χ4v) is 0.621. The number of ether oxygens (including phenoxy) is 1. The minimum atomic E-state index is -0.153. The molecule has 0 radical (unpaired) electrons. The topological polar surface area (TPSA) is 26.3 Å². The van der Waals surface area contributed by atoms with E-state index in [2.05, 4.69) is 4.74 Å². The van der Waals surface area contributed by atoms with Crippen LogP contribution in [0.1, 0.15) is 13.8 Å². The van der Waals surface area contributed by atoms with E-state index in [1.807, 2.05) is 36.4 Å². The molecule has 0 atom stereocenters. The van der Waals surface area contributed by atoms with E-state index < -0.39 is 0 Å². The van der Waals surface area contributed by atoms with Gasteiger partial charge in [-0.15, -0.1) is 0 Å². The van der Waals surface area contributed by atoms with Gasteiger partial charge in [0.2, 0.25) is 0 Å². The largest absolute Gasteiger partial charge is 0.469 e. The second-order valence-corrected chi connectivity index (χ2v) is 2.83. The van der Waals surface area contributed by atoms with Crippen molar-refractivity contribution in [2.24, 2.45) is 5.92 Å². The summed E-state index contributed by atoms with van der Waals surface area (Å²) in [5.41, 5.74) is 0. The van der Waals surface area contributed by atoms with Gasteiger partial charge < -0.3 is 4.74 Å². The summed E-state index contributed by atoms with van der Waals surface area (Å²) in [7, 11) is 1.39. The first kappa shape index (κ1) is 11.7. The van der Waals surface area contributed by atoms with Crippen molar-refractivity contribution in [3.8, 4) is 0 Å². The molecule has 2 heteroatoms. The quantitative estimate of drug-likeness (QED) is 0.621. The summed E-state index contributed by atoms with van der Waals surface area (Å²) in [6, 6.07) is 12.0. The molecular formula is C11H16O2. The molecular weight excluding hydrogens is 164 g/mol. The Bertz CT molecular complexity index is 190. The third-order valence-corrected chi connectivity index (χ3v) is 1.34. The second kappa shape index (κ2) is 7.35. The molecule has 2 nitrogen and oxygen atoms in total. The van der Waals surface area contributed by atoms with Gasteiger partial charge in [-0.25, -0.2) is 0 Å². The lowest BCUT2D eigenvalue weighted by Gasteiger charge is -1.97. The van der Waals surface area contributed by atoms with Crippen LogP contribution < -0.4 is 0 Å². The first-order valence-corrected chi connectivity index (χ1v) is 4.26. The van der Waals surface area contributed by atoms with Crippen LogP contribution in [-0.4, -0.2) is 13.1 Å². The second-order valence-electron chi connectivity index (χ2n) is 2.83. The number of esters is 1. The summed E-state index contributed by atoms with van der Waals surface area (Å²) in [5.74, 6) is -0.148. The van der Waals surface area contributed by atoms with Crippen molar-refractivity contribution in [3.05, 3.63) is 36.4 Å². The van der Waals surface area contributed by atoms with E-state index in [4.69, 9.17) is 0 Å². The fraction of sp³-hybridized carbons (Fsp3) is 0.364. The van der Waals surface area contributed by atoms with Gasteiger partial charge in [0.15, 0.2) is 0 Å². The molecule has 0 unspecified atom stereocenters. The molecule has 0 aliphatic heterocycles. The van der Waals surface area contributed by atoms with Gasteiger partial charge in [0.1, 0.15) is 0 Å². The van der Waals surface area contributed by atoms with E-state index in [-0.39, 0.29) is 11.9 Å². The Labute approximate surface area is 79.5 Å². The smallest absolute Gasteiger partial charge is 0.308 e. The van der Waals surface area contributed by atoms with Gasteiger partial charge in [-0.2, -0.15) is 0 Å². The van der Waals surface area contributed by atoms with Crippen LogP contribution in [0.3, 0.4) is 0 Å². The van der Waals surface area contributed by atoms with Crippen LogP contribution in [0.25, 0.3) is 0 Å². The zero-order valence-corrected chi connectivity index (χ0v) is 8.36. The van der Waals surface area contributed by atoms with Crippen LogP contribution >= 0.6 is 0 Å². The Kier molecular flexibility index (Phi) is 6.60. The molecule has 1 aromatic carbocycles. The van der Waals surface area contributed by atoms with Gasteiger partial charge in [0, 0.05) is 0 Å². The molecule has 0 bridgehead atoms. The Balaban J connectivity index is 0.000000223. The SMILES string of the molecule is COC(=O)C(C)C.c1ccccc1. The van der Waals surface area contributed by atoms with Crippen LogP contribution in [0, 0.1) is 5.92 Å². The molecule has 0 amide bonds. The van der Waals surface area contributed by atoms with Gasteiger partial charge in [-0.1, -0.05) is 50.2 Å². The summed E-state index contributed by atoms with van der Waals surface area (Å²) < 4.78 is 4.37. The molecule has 1 rings (SSSR count). The molecule has 0 fully saturated rings. The molecule has 0 spiro atoms. The molecule has 0 heterocycles. The van der Waals surface area contributed by atoms with Gasteiger partial charge in [0.05, 0.1) is 13.0 Å². The van der Waals surface area contributed by atoms with Crippen molar-refractivity contribution in [1.82, 2.24) is 0 Å². The van der Waals surface area contributed by atoms with Gasteiger partial charge >= 0.3 is 5.97 Å². The molecule has 0 aromatic heterocycles. The van der Waals surface area contributed by atoms with Crippen molar-refractivity contribution in [2.45, 2.75) is 13.8 Å². The summed E-state index contributed by atoms with van der Waals surface area (Å²) in [5, 5.41) is 0. The third kappa shape index (κ3) is 7.06. The first-order valence-electron chi connectivity index (χ1n) is 4.26. The molecule has 1 aromatic rings. The Morgan fingerprint density at radius 1 is 1.00 bits per heavy atom. The average molecular weight is 180 g/mol. The van der Waals surface area contributed by atoms with E-state index in [9.17, 15) is 4.79 Å². The van der Waals surface area contributed by atoms with Gasteiger partial charge in [0.25, 0.3) is 0 Å². The monoisotopic (exact) mass is 180 g/mol. The van der Waals surface area contributed by atoms with Crippen molar-refractivity contribution in [2.75, 3.05) is 7.11 Å². The van der Waals surface area contributed by atoms with Gasteiger partial charge in [-0.05, 0) is 0 Å². The number of hydrogen-bond donors (Lipinski definition) is 0. The Hall–Kier alpha value is -1.31. The first-order chi connectivity index (χ1) is 6.18. The number of rotatable bonds is 1. The zero-order chi connectivity index (χ0) is 10.1. The summed E-state index contributed by atoms with van der Waals surface area (Å²) in [6.45, 7) is 3.59. The number of methoxy groups -OCH3 is 1. The third-order valence-electron chi connectivity index (χ3n) is 1.34. The van der Waals surface area contributed by atoms with Crippen molar-refractivity contribution >= 4 is 5.97 Å². The van der Waals surface area contributed by atoms with Crippen LogP contribution in [-0.2, 0) is 9.53 Å². The lowest BCUT2D eigenvalue weighted by molar-refractivity contribution is -0.144. The summed E-state index contributed by atoms with van der Waals surface area (Å²) in [6.07, 6.45) is 0. The van der Waals surface area contributed by atoms with Crippen LogP contribution in [0.2, 0.25) is 0 Å². The maximum atomic E-state index is 10.3. The summed E-state index contributed by atoms with van der Waals surface area (Å²) in [4.78, 5) is 10.3. The average Bonchev–Trinajstić information content (AvgIpc) is 2.20. The van der Waals surface area contributed by atoms with E-state index >= 15 is 0 Å². The molecule has 0 aliphatic carbocycles. The molecule has 0 saturated heterocycles. The van der Waals surface area contributed by atoms with Crippen LogP contribution in [0.5, 0.6) is 0 Å². The normalized spacial score (nSPS) is 8.62. The standard InChI is InChI=1S/C6H6.C5H10O2/c1-2-4-6-5-3-1;1-4(2)5(6)7-3/h1-6H;4H,1-3H3. The fourth-order valence-electron chi connectivity index (χ4n) is 0.621. The van der Waals surface area contributed by atoms with E-state index in [1.165, 1.54) is 7.11 Å². The highest BCUT2D eigenvalue weighted by atomic mass is 16.5. The minimum absolute atomic E-state index is 0.00463. The van der Waals surface area contributed by atoms with Crippen LogP contribution in [0.15, 0.2) is 36.4 Å². The molecule has 13 heavy (non-hydrogen) atoms. The predicted molar refractivity (Wildman–Crippen MR) is 53.3 cm³/mol. The lowest BCUT2D eigenvalue weighted by atomic mass is 10.2. The number of carbonyl (C=O) groups excluding carboxylic acids is 1. The Morgan fingerprint density at radius 2 is 1.31 bits per heavy atom. The maximum Gasteiger partial charge on any atom is 0.308 e. The number of hydrogen-bond acceptors (Lipinski definition) is 2. The Morgan fingerprint density at radius 3 is 1.38 bits per heavy atom. The number of carbonyl (C=O) groups is 1. The van der Waals surface area contributed by atoms with Crippen molar-refractivity contribution < 1.29 is 9.53 Å². The molecule has 0 aliphatic rings. The highest BCUT2D eigenvalue weighted by molar-refractivity contribution is 5.71. The number of benzene rings is 1. The summed E-state index contributed by atoms with van der Waals surface area (Å²) >= 11 is 0. The molecule has 0 N–H and O–H groups in total.